The van der Waals surface area contributed by atoms with Crippen molar-refractivity contribution in [1.29, 1.82) is 0 Å². The number of aromatic nitrogens is 3. The normalized spacial score (nSPS) is 12.8. The zero-order valence-electron chi connectivity index (χ0n) is 14.2. The molecule has 120 valence electrons. The van der Waals surface area contributed by atoms with Crippen molar-refractivity contribution in [3.63, 3.8) is 0 Å². The average molecular weight is 302 g/mol. The van der Waals surface area contributed by atoms with Gasteiger partial charge >= 0.3 is 0 Å². The fourth-order valence-electron chi connectivity index (χ4n) is 2.66. The molecule has 5 nitrogen and oxygen atoms in total. The van der Waals surface area contributed by atoms with Crippen LogP contribution < -0.4 is 0 Å². The van der Waals surface area contributed by atoms with Gasteiger partial charge in [-0.15, -0.1) is 0 Å². The van der Waals surface area contributed by atoms with E-state index >= 15 is 0 Å². The molecule has 0 N–H and O–H groups in total. The Morgan fingerprint density at radius 1 is 1.32 bits per heavy atom. The van der Waals surface area contributed by atoms with Gasteiger partial charge in [-0.2, -0.15) is 5.10 Å². The maximum absolute atomic E-state index is 5.14. The highest BCUT2D eigenvalue weighted by Gasteiger charge is 2.23. The maximum Gasteiger partial charge on any atom is 0.153 e. The first-order chi connectivity index (χ1) is 10.6. The summed E-state index contributed by atoms with van der Waals surface area (Å²) in [5, 5.41) is 4.62. The van der Waals surface area contributed by atoms with Gasteiger partial charge in [0.15, 0.2) is 5.82 Å². The van der Waals surface area contributed by atoms with Crippen LogP contribution in [-0.4, -0.2) is 47.5 Å². The first kappa shape index (κ1) is 16.6. The smallest absolute Gasteiger partial charge is 0.153 e. The van der Waals surface area contributed by atoms with Gasteiger partial charge in [0.2, 0.25) is 0 Å². The van der Waals surface area contributed by atoms with Gasteiger partial charge in [0.05, 0.1) is 12.6 Å². The number of nitrogens with zero attached hydrogens (tertiary/aromatic N) is 4. The molecular weight excluding hydrogens is 276 g/mol. The van der Waals surface area contributed by atoms with Crippen molar-refractivity contribution in [1.82, 2.24) is 19.7 Å². The van der Waals surface area contributed by atoms with E-state index in [1.165, 1.54) is 11.1 Å². The quantitative estimate of drug-likeness (QED) is 0.788. The van der Waals surface area contributed by atoms with Gasteiger partial charge in [-0.1, -0.05) is 29.8 Å². The summed E-state index contributed by atoms with van der Waals surface area (Å²) in [4.78, 5) is 6.96. The summed E-state index contributed by atoms with van der Waals surface area (Å²) in [5.41, 5.74) is 2.50. The molecule has 0 radical (unpaired) electrons. The predicted octanol–water partition coefficient (Wildman–Crippen LogP) is 2.45. The van der Waals surface area contributed by atoms with E-state index in [-0.39, 0.29) is 6.04 Å². The minimum Gasteiger partial charge on any atom is -0.384 e. The Balaban J connectivity index is 2.42. The SMILES string of the molecule is CCn1nc(CCOC)nc1[C@H](c1cccc(C)c1)N(C)C. The first-order valence-corrected chi connectivity index (χ1v) is 7.72. The molecule has 0 saturated carbocycles. The van der Waals surface area contributed by atoms with E-state index in [0.717, 1.165) is 24.6 Å². The molecule has 0 spiro atoms. The molecule has 2 aromatic rings. The molecule has 1 atom stereocenters. The van der Waals surface area contributed by atoms with Crippen LogP contribution >= 0.6 is 0 Å². The van der Waals surface area contributed by atoms with Gasteiger partial charge in [-0.05, 0) is 33.5 Å². The molecule has 5 heteroatoms. The van der Waals surface area contributed by atoms with Crippen LogP contribution in [0.1, 0.15) is 35.7 Å². The third kappa shape index (κ3) is 3.72. The summed E-state index contributed by atoms with van der Waals surface area (Å²) >= 11 is 0. The van der Waals surface area contributed by atoms with Gasteiger partial charge in [0.1, 0.15) is 5.82 Å². The monoisotopic (exact) mass is 302 g/mol. The van der Waals surface area contributed by atoms with E-state index in [1.807, 2.05) is 4.68 Å². The lowest BCUT2D eigenvalue weighted by Crippen LogP contribution is -2.25. The van der Waals surface area contributed by atoms with Crippen LogP contribution in [0, 0.1) is 6.92 Å². The number of aryl methyl sites for hydroxylation is 2. The first-order valence-electron chi connectivity index (χ1n) is 7.72. The predicted molar refractivity (Wildman–Crippen MR) is 88.0 cm³/mol. The Bertz CT molecular complexity index is 606. The van der Waals surface area contributed by atoms with E-state index in [4.69, 9.17) is 9.72 Å². The second-order valence-corrected chi connectivity index (χ2v) is 5.73. The van der Waals surface area contributed by atoms with Gasteiger partial charge in [-0.3, -0.25) is 4.90 Å². The van der Waals surface area contributed by atoms with E-state index < -0.39 is 0 Å². The summed E-state index contributed by atoms with van der Waals surface area (Å²) in [6.07, 6.45) is 0.741. The molecule has 2 rings (SSSR count). The zero-order valence-corrected chi connectivity index (χ0v) is 14.2. The number of methoxy groups -OCH3 is 1. The Kier molecular flexibility index (Phi) is 5.69. The largest absolute Gasteiger partial charge is 0.384 e. The van der Waals surface area contributed by atoms with Crippen LogP contribution in [0.15, 0.2) is 24.3 Å². The minimum atomic E-state index is 0.101. The van der Waals surface area contributed by atoms with Crippen molar-refractivity contribution in [3.05, 3.63) is 47.0 Å². The molecule has 0 aliphatic rings. The fourth-order valence-corrected chi connectivity index (χ4v) is 2.66. The van der Waals surface area contributed by atoms with E-state index in [0.29, 0.717) is 6.61 Å². The highest BCUT2D eigenvalue weighted by molar-refractivity contribution is 5.29. The van der Waals surface area contributed by atoms with Crippen molar-refractivity contribution in [3.8, 4) is 0 Å². The third-order valence-corrected chi connectivity index (χ3v) is 3.69. The second-order valence-electron chi connectivity index (χ2n) is 5.73. The second kappa shape index (κ2) is 7.51. The Morgan fingerprint density at radius 2 is 2.09 bits per heavy atom. The Hall–Kier alpha value is -1.72. The number of benzene rings is 1. The molecular formula is C17H26N4O. The van der Waals surface area contributed by atoms with Crippen LogP contribution in [0.3, 0.4) is 0 Å². The number of hydrogen-bond donors (Lipinski definition) is 0. The van der Waals surface area contributed by atoms with Crippen LogP contribution in [0.2, 0.25) is 0 Å². The molecule has 22 heavy (non-hydrogen) atoms. The van der Waals surface area contributed by atoms with E-state index in [9.17, 15) is 0 Å². The molecule has 0 aliphatic heterocycles. The Labute approximate surface area is 132 Å². The van der Waals surface area contributed by atoms with Crippen molar-refractivity contribution >= 4 is 0 Å². The third-order valence-electron chi connectivity index (χ3n) is 3.69. The highest BCUT2D eigenvalue weighted by atomic mass is 16.5. The highest BCUT2D eigenvalue weighted by Crippen LogP contribution is 2.26. The Morgan fingerprint density at radius 3 is 2.68 bits per heavy atom. The molecule has 0 fully saturated rings. The lowest BCUT2D eigenvalue weighted by molar-refractivity contribution is 0.200. The standard InChI is InChI=1S/C17H26N4O/c1-6-21-17(18-15(19-21)10-11-22-5)16(20(3)4)14-9-7-8-13(2)12-14/h7-9,12,16H,6,10-11H2,1-5H3/t16-/m0/s1. The van der Waals surface area contributed by atoms with Crippen LogP contribution in [0.4, 0.5) is 0 Å². The van der Waals surface area contributed by atoms with Gasteiger partial charge in [0.25, 0.3) is 0 Å². The van der Waals surface area contributed by atoms with Crippen molar-refractivity contribution in [2.24, 2.45) is 0 Å². The fraction of sp³-hybridized carbons (Fsp3) is 0.529. The summed E-state index contributed by atoms with van der Waals surface area (Å²) in [7, 11) is 5.86. The van der Waals surface area contributed by atoms with Crippen LogP contribution in [-0.2, 0) is 17.7 Å². The van der Waals surface area contributed by atoms with Crippen molar-refractivity contribution in [2.45, 2.75) is 32.9 Å². The average Bonchev–Trinajstić information content (AvgIpc) is 2.88. The molecule has 0 unspecified atom stereocenters. The lowest BCUT2D eigenvalue weighted by atomic mass is 10.0. The van der Waals surface area contributed by atoms with E-state index in [1.54, 1.807) is 7.11 Å². The summed E-state index contributed by atoms with van der Waals surface area (Å²) in [5.74, 6) is 1.84. The molecule has 1 aromatic heterocycles. The van der Waals surface area contributed by atoms with Gasteiger partial charge in [-0.25, -0.2) is 9.67 Å². The zero-order chi connectivity index (χ0) is 16.1. The minimum absolute atomic E-state index is 0.101. The summed E-state index contributed by atoms with van der Waals surface area (Å²) < 4.78 is 7.14. The molecule has 0 aliphatic carbocycles. The number of hydrogen-bond acceptors (Lipinski definition) is 4. The van der Waals surface area contributed by atoms with E-state index in [2.05, 4.69) is 62.2 Å². The van der Waals surface area contributed by atoms with Gasteiger partial charge < -0.3 is 4.74 Å². The topological polar surface area (TPSA) is 43.2 Å². The summed E-state index contributed by atoms with van der Waals surface area (Å²) in [6, 6.07) is 8.68. The van der Waals surface area contributed by atoms with Gasteiger partial charge in [0, 0.05) is 20.1 Å². The molecule has 1 heterocycles. The molecule has 1 aromatic carbocycles. The van der Waals surface area contributed by atoms with Crippen molar-refractivity contribution in [2.75, 3.05) is 27.8 Å². The van der Waals surface area contributed by atoms with Crippen molar-refractivity contribution < 1.29 is 4.74 Å². The number of ether oxygens (including phenoxy) is 1. The number of rotatable bonds is 7. The lowest BCUT2D eigenvalue weighted by Gasteiger charge is -2.24. The van der Waals surface area contributed by atoms with Crippen LogP contribution in [0.25, 0.3) is 0 Å². The maximum atomic E-state index is 5.14. The summed E-state index contributed by atoms with van der Waals surface area (Å²) in [6.45, 7) is 5.67. The molecule has 0 amide bonds. The van der Waals surface area contributed by atoms with Crippen LogP contribution in [0.5, 0.6) is 0 Å². The molecule has 0 bridgehead atoms. The molecule has 0 saturated heterocycles.